The summed E-state index contributed by atoms with van der Waals surface area (Å²) in [5.74, 6) is -1.12. The van der Waals surface area contributed by atoms with Crippen LogP contribution >= 0.6 is 0 Å². The Hall–Kier alpha value is -1.59. The van der Waals surface area contributed by atoms with Crippen molar-refractivity contribution in [2.45, 2.75) is 30.7 Å². The van der Waals surface area contributed by atoms with Gasteiger partial charge in [0.1, 0.15) is 24.4 Å². The van der Waals surface area contributed by atoms with Crippen LogP contribution in [0.25, 0.3) is 0 Å². The van der Waals surface area contributed by atoms with E-state index >= 15 is 0 Å². The van der Waals surface area contributed by atoms with Gasteiger partial charge in [-0.25, -0.2) is 4.98 Å². The largest absolute Gasteiger partial charge is 0.432 e. The molecule has 1 aromatic heterocycles. The van der Waals surface area contributed by atoms with Crippen LogP contribution < -0.4 is 10.3 Å². The molecule has 0 aromatic carbocycles. The molecule has 0 unspecified atom stereocenters. The van der Waals surface area contributed by atoms with E-state index in [1.807, 2.05) is 4.98 Å². The normalized spacial score (nSPS) is 34.0. The molecule has 1 aliphatic heterocycles. The topological polar surface area (TPSA) is 145 Å². The lowest BCUT2D eigenvalue weighted by Crippen LogP contribution is -2.60. The standard InChI is InChI=1S/C10H13FN2O7/c11-3-1-12-10(13-8(3)18)20-9-7(17)6(16)5(15)4(2-14)19-9/h1,4-7,9,14-17H,2H2,(H,12,13,18)/t4-,5-,6+,7-,9+/m1/s1. The number of rotatable bonds is 3. The molecule has 0 aliphatic carbocycles. The van der Waals surface area contributed by atoms with E-state index < -0.39 is 54.7 Å². The lowest BCUT2D eigenvalue weighted by Gasteiger charge is -2.39. The minimum absolute atomic E-state index is 0.444. The van der Waals surface area contributed by atoms with Crippen LogP contribution in [0.2, 0.25) is 0 Å². The second-order valence-corrected chi connectivity index (χ2v) is 4.18. The van der Waals surface area contributed by atoms with E-state index in [1.54, 1.807) is 0 Å². The van der Waals surface area contributed by atoms with Gasteiger partial charge < -0.3 is 29.9 Å². The molecule has 10 heteroatoms. The molecule has 2 heterocycles. The van der Waals surface area contributed by atoms with Gasteiger partial charge >= 0.3 is 0 Å². The first kappa shape index (κ1) is 14.8. The molecule has 5 atom stereocenters. The summed E-state index contributed by atoms with van der Waals surface area (Å²) in [5.41, 5.74) is -1.08. The number of H-pyrrole nitrogens is 1. The van der Waals surface area contributed by atoms with Crippen LogP contribution in [0.4, 0.5) is 4.39 Å². The number of aromatic nitrogens is 2. The van der Waals surface area contributed by atoms with Crippen molar-refractivity contribution in [3.8, 4) is 6.01 Å². The Kier molecular flexibility index (Phi) is 4.30. The van der Waals surface area contributed by atoms with Crippen LogP contribution in [0.15, 0.2) is 11.0 Å². The Balaban J connectivity index is 2.15. The number of nitrogens with zero attached hydrogens (tertiary/aromatic N) is 1. The average Bonchev–Trinajstić information content (AvgIpc) is 2.43. The predicted molar refractivity (Wildman–Crippen MR) is 59.2 cm³/mol. The van der Waals surface area contributed by atoms with Crippen LogP contribution in [0.1, 0.15) is 0 Å². The monoisotopic (exact) mass is 292 g/mol. The highest BCUT2D eigenvalue weighted by Crippen LogP contribution is 2.22. The fourth-order valence-electron chi connectivity index (χ4n) is 1.70. The highest BCUT2D eigenvalue weighted by atomic mass is 19.1. The summed E-state index contributed by atoms with van der Waals surface area (Å²) < 4.78 is 22.7. The Bertz CT molecular complexity index is 523. The van der Waals surface area contributed by atoms with Gasteiger partial charge in [-0.05, 0) is 0 Å². The van der Waals surface area contributed by atoms with E-state index in [2.05, 4.69) is 4.98 Å². The van der Waals surface area contributed by atoms with Crippen molar-refractivity contribution in [1.29, 1.82) is 0 Å². The smallest absolute Gasteiger partial charge is 0.299 e. The molecule has 0 bridgehead atoms. The molecule has 0 spiro atoms. The maximum atomic E-state index is 12.7. The number of aliphatic hydroxyl groups excluding tert-OH is 4. The fourth-order valence-corrected chi connectivity index (χ4v) is 1.70. The van der Waals surface area contributed by atoms with Crippen LogP contribution in [-0.4, -0.2) is 67.7 Å². The number of hydrogen-bond acceptors (Lipinski definition) is 8. The fraction of sp³-hybridized carbons (Fsp3) is 0.600. The molecule has 112 valence electrons. The quantitative estimate of drug-likeness (QED) is 0.398. The van der Waals surface area contributed by atoms with Crippen molar-refractivity contribution < 1.29 is 34.3 Å². The number of hydrogen-bond donors (Lipinski definition) is 5. The van der Waals surface area contributed by atoms with Crippen molar-refractivity contribution in [2.24, 2.45) is 0 Å². The number of nitrogens with one attached hydrogen (secondary N) is 1. The van der Waals surface area contributed by atoms with Crippen LogP contribution in [-0.2, 0) is 4.74 Å². The Morgan fingerprint density at radius 1 is 1.35 bits per heavy atom. The van der Waals surface area contributed by atoms with Gasteiger partial charge in [0.2, 0.25) is 12.1 Å². The summed E-state index contributed by atoms with van der Waals surface area (Å²) >= 11 is 0. The molecule has 0 radical (unpaired) electrons. The summed E-state index contributed by atoms with van der Waals surface area (Å²) in [6.45, 7) is -0.627. The third kappa shape index (κ3) is 2.78. The van der Waals surface area contributed by atoms with Crippen molar-refractivity contribution in [2.75, 3.05) is 6.61 Å². The highest BCUT2D eigenvalue weighted by molar-refractivity contribution is 4.98. The van der Waals surface area contributed by atoms with E-state index in [-0.39, 0.29) is 0 Å². The second-order valence-electron chi connectivity index (χ2n) is 4.18. The number of aliphatic hydroxyl groups is 4. The van der Waals surface area contributed by atoms with E-state index in [1.165, 1.54) is 0 Å². The first-order valence-corrected chi connectivity index (χ1v) is 5.66. The first-order valence-electron chi connectivity index (χ1n) is 5.66. The van der Waals surface area contributed by atoms with E-state index in [0.717, 1.165) is 0 Å². The third-order valence-electron chi connectivity index (χ3n) is 2.81. The minimum Gasteiger partial charge on any atom is -0.432 e. The van der Waals surface area contributed by atoms with Gasteiger partial charge in [-0.15, -0.1) is 0 Å². The second kappa shape index (κ2) is 5.81. The van der Waals surface area contributed by atoms with Crippen LogP contribution in [0, 0.1) is 5.82 Å². The molecular weight excluding hydrogens is 279 g/mol. The summed E-state index contributed by atoms with van der Waals surface area (Å²) in [6, 6.07) is -0.444. The molecule has 5 N–H and O–H groups in total. The van der Waals surface area contributed by atoms with Gasteiger partial charge in [0.15, 0.2) is 0 Å². The Labute approximate surface area is 111 Å². The molecular formula is C10H13FN2O7. The Morgan fingerprint density at radius 2 is 2.05 bits per heavy atom. The molecule has 1 saturated heterocycles. The highest BCUT2D eigenvalue weighted by Gasteiger charge is 2.44. The first-order chi connectivity index (χ1) is 9.43. The zero-order valence-corrected chi connectivity index (χ0v) is 10.0. The van der Waals surface area contributed by atoms with Crippen molar-refractivity contribution in [3.05, 3.63) is 22.4 Å². The average molecular weight is 292 g/mol. The summed E-state index contributed by atoms with van der Waals surface area (Å²) in [7, 11) is 0. The van der Waals surface area contributed by atoms with E-state index in [4.69, 9.17) is 14.6 Å². The van der Waals surface area contributed by atoms with Crippen molar-refractivity contribution >= 4 is 0 Å². The lowest BCUT2D eigenvalue weighted by molar-refractivity contribution is -0.278. The maximum Gasteiger partial charge on any atom is 0.299 e. The molecule has 0 saturated carbocycles. The van der Waals surface area contributed by atoms with Crippen molar-refractivity contribution in [1.82, 2.24) is 9.97 Å². The predicted octanol–water partition coefficient (Wildman–Crippen LogP) is -2.91. The SMILES string of the molecule is O=c1[nH]c(O[C@@H]2O[C@H](CO)[C@@H](O)[C@H](O)[C@H]2O)ncc1F. The number of aromatic amines is 1. The number of ether oxygens (including phenoxy) is 2. The number of halogens is 1. The van der Waals surface area contributed by atoms with Gasteiger partial charge in [-0.3, -0.25) is 9.78 Å². The van der Waals surface area contributed by atoms with Crippen LogP contribution in [0.3, 0.4) is 0 Å². The van der Waals surface area contributed by atoms with Crippen LogP contribution in [0.5, 0.6) is 6.01 Å². The molecule has 1 fully saturated rings. The van der Waals surface area contributed by atoms with Crippen molar-refractivity contribution in [3.63, 3.8) is 0 Å². The molecule has 0 amide bonds. The molecule has 2 rings (SSSR count). The van der Waals surface area contributed by atoms with E-state index in [0.29, 0.717) is 6.20 Å². The van der Waals surface area contributed by atoms with Gasteiger partial charge in [-0.2, -0.15) is 4.39 Å². The Morgan fingerprint density at radius 3 is 2.65 bits per heavy atom. The van der Waals surface area contributed by atoms with Gasteiger partial charge in [0, 0.05) is 0 Å². The van der Waals surface area contributed by atoms with E-state index in [9.17, 15) is 24.5 Å². The third-order valence-corrected chi connectivity index (χ3v) is 2.81. The maximum absolute atomic E-state index is 12.7. The van der Waals surface area contributed by atoms with Gasteiger partial charge in [0.05, 0.1) is 12.8 Å². The lowest BCUT2D eigenvalue weighted by atomic mass is 9.99. The zero-order chi connectivity index (χ0) is 14.9. The minimum atomic E-state index is -1.65. The summed E-state index contributed by atoms with van der Waals surface area (Å²) in [6.07, 6.45) is -6.86. The molecule has 1 aromatic rings. The molecule has 9 nitrogen and oxygen atoms in total. The molecule has 1 aliphatic rings. The summed E-state index contributed by atoms with van der Waals surface area (Å²) in [4.78, 5) is 16.4. The zero-order valence-electron chi connectivity index (χ0n) is 10.0. The van der Waals surface area contributed by atoms with Gasteiger partial charge in [-0.1, -0.05) is 0 Å². The molecule has 20 heavy (non-hydrogen) atoms. The summed E-state index contributed by atoms with van der Waals surface area (Å²) in [5, 5.41) is 37.7. The van der Waals surface area contributed by atoms with Gasteiger partial charge in [0.25, 0.3) is 11.6 Å².